The van der Waals surface area contributed by atoms with Gasteiger partial charge in [0, 0.05) is 12.1 Å². The summed E-state index contributed by atoms with van der Waals surface area (Å²) in [5.74, 6) is -2.86. The van der Waals surface area contributed by atoms with Crippen molar-refractivity contribution in [3.63, 3.8) is 0 Å². The predicted molar refractivity (Wildman–Crippen MR) is 133 cm³/mol. The van der Waals surface area contributed by atoms with Gasteiger partial charge in [0.05, 0.1) is 29.6 Å². The van der Waals surface area contributed by atoms with E-state index in [4.69, 9.17) is 16.2 Å². The lowest BCUT2D eigenvalue weighted by molar-refractivity contribution is -0.133. The fourth-order valence-electron chi connectivity index (χ4n) is 4.75. The van der Waals surface area contributed by atoms with E-state index in [1.54, 1.807) is 30.3 Å². The third kappa shape index (κ3) is 3.77. The lowest BCUT2D eigenvalue weighted by Crippen LogP contribution is -2.41. The molecule has 5 N–H and O–H groups in total. The molecule has 9 nitrogen and oxygen atoms in total. The van der Waals surface area contributed by atoms with Crippen molar-refractivity contribution in [3.8, 4) is 16.9 Å². The maximum atomic E-state index is 15.7. The van der Waals surface area contributed by atoms with Crippen LogP contribution in [0.4, 0.5) is 15.8 Å². The number of nitrogens with two attached hydrogens (primary N) is 2. The first-order valence-corrected chi connectivity index (χ1v) is 11.5. The molecule has 0 aromatic heterocycles. The van der Waals surface area contributed by atoms with Gasteiger partial charge in [-0.1, -0.05) is 18.2 Å². The van der Waals surface area contributed by atoms with Crippen LogP contribution in [0.2, 0.25) is 0 Å². The minimum absolute atomic E-state index is 0.0555. The van der Waals surface area contributed by atoms with Crippen LogP contribution in [0.3, 0.4) is 0 Å². The number of ether oxygens (including phenoxy) is 1. The number of para-hydroxylation sites is 2. The van der Waals surface area contributed by atoms with Gasteiger partial charge in [0.25, 0.3) is 5.91 Å². The Morgan fingerprint density at radius 2 is 1.73 bits per heavy atom. The molecule has 0 unspecified atom stereocenters. The fraction of sp³-hybridized carbons (Fsp3) is 0.185. The number of carbonyl (C=O) groups excluding carboxylic acids is 4. The molecule has 0 spiro atoms. The van der Waals surface area contributed by atoms with Crippen LogP contribution in [0.5, 0.6) is 5.75 Å². The number of hydrogen-bond donors (Lipinski definition) is 3. The first-order chi connectivity index (χ1) is 17.7. The number of amides is 4. The first kappa shape index (κ1) is 24.0. The van der Waals surface area contributed by atoms with Crippen LogP contribution in [0, 0.1) is 11.2 Å². The summed E-state index contributed by atoms with van der Waals surface area (Å²) in [5, 5.41) is 2.64. The van der Waals surface area contributed by atoms with Crippen molar-refractivity contribution in [2.45, 2.75) is 19.4 Å². The van der Waals surface area contributed by atoms with E-state index < -0.39 is 34.9 Å². The summed E-state index contributed by atoms with van der Waals surface area (Å²) in [5.41, 5.74) is 11.3. The molecule has 5 rings (SSSR count). The molecule has 0 saturated heterocycles. The van der Waals surface area contributed by atoms with Gasteiger partial charge in [-0.15, -0.1) is 0 Å². The van der Waals surface area contributed by atoms with E-state index in [0.717, 1.165) is 0 Å². The summed E-state index contributed by atoms with van der Waals surface area (Å²) in [4.78, 5) is 51.2. The third-order valence-corrected chi connectivity index (χ3v) is 6.89. The van der Waals surface area contributed by atoms with E-state index in [1.807, 2.05) is 0 Å². The minimum Gasteiger partial charge on any atom is -0.495 e. The van der Waals surface area contributed by atoms with Gasteiger partial charge in [-0.3, -0.25) is 24.1 Å². The van der Waals surface area contributed by atoms with Crippen molar-refractivity contribution in [3.05, 3.63) is 77.1 Å². The third-order valence-electron chi connectivity index (χ3n) is 6.89. The Labute approximate surface area is 211 Å². The SMILES string of the molecule is COc1ccccc1N(C(=O)C1(C(N)=O)CC1)c1ccc(-c2ccc(C(N)=O)c3c2CNC3=O)c(F)c1. The molecular weight excluding hydrogens is 479 g/mol. The van der Waals surface area contributed by atoms with Crippen molar-refractivity contribution < 1.29 is 28.3 Å². The summed E-state index contributed by atoms with van der Waals surface area (Å²) >= 11 is 0. The molecule has 3 aromatic rings. The van der Waals surface area contributed by atoms with Crippen LogP contribution in [-0.2, 0) is 16.1 Å². The molecule has 188 valence electrons. The first-order valence-electron chi connectivity index (χ1n) is 11.5. The number of nitrogens with zero attached hydrogens (tertiary/aromatic N) is 1. The van der Waals surface area contributed by atoms with Crippen LogP contribution >= 0.6 is 0 Å². The number of rotatable bonds is 7. The smallest absolute Gasteiger partial charge is 0.252 e. The van der Waals surface area contributed by atoms with Crippen molar-refractivity contribution in [2.75, 3.05) is 12.0 Å². The number of hydrogen-bond acceptors (Lipinski definition) is 5. The number of halogens is 1. The summed E-state index contributed by atoms with van der Waals surface area (Å²) in [6.07, 6.45) is 0.597. The zero-order valence-corrected chi connectivity index (χ0v) is 19.8. The topological polar surface area (TPSA) is 145 Å². The molecule has 0 bridgehead atoms. The second kappa shape index (κ2) is 8.74. The largest absolute Gasteiger partial charge is 0.495 e. The van der Waals surface area contributed by atoms with E-state index in [2.05, 4.69) is 5.32 Å². The monoisotopic (exact) mass is 502 g/mol. The molecule has 0 radical (unpaired) electrons. The van der Waals surface area contributed by atoms with Crippen LogP contribution in [0.15, 0.2) is 54.6 Å². The average molecular weight is 503 g/mol. The summed E-state index contributed by atoms with van der Waals surface area (Å²) < 4.78 is 21.1. The van der Waals surface area contributed by atoms with Gasteiger partial charge in [0.1, 0.15) is 17.0 Å². The summed E-state index contributed by atoms with van der Waals surface area (Å²) in [6.45, 7) is 0.110. The number of benzene rings is 3. The van der Waals surface area contributed by atoms with E-state index in [1.165, 1.54) is 36.3 Å². The molecule has 3 aromatic carbocycles. The zero-order chi connectivity index (χ0) is 26.5. The van der Waals surface area contributed by atoms with E-state index in [9.17, 15) is 19.2 Å². The van der Waals surface area contributed by atoms with Gasteiger partial charge < -0.3 is 21.5 Å². The van der Waals surface area contributed by atoms with Gasteiger partial charge in [-0.25, -0.2) is 4.39 Å². The molecular formula is C27H23FN4O5. The van der Waals surface area contributed by atoms with E-state index >= 15 is 4.39 Å². The van der Waals surface area contributed by atoms with Crippen LogP contribution in [-0.4, -0.2) is 30.7 Å². The Kier molecular flexibility index (Phi) is 5.66. The molecule has 10 heteroatoms. The molecule has 0 atom stereocenters. The van der Waals surface area contributed by atoms with E-state index in [0.29, 0.717) is 35.4 Å². The maximum Gasteiger partial charge on any atom is 0.252 e. The van der Waals surface area contributed by atoms with Crippen LogP contribution in [0.1, 0.15) is 39.1 Å². The zero-order valence-electron chi connectivity index (χ0n) is 19.8. The number of nitrogens with one attached hydrogen (secondary N) is 1. The van der Waals surface area contributed by atoms with Crippen molar-refractivity contribution in [1.29, 1.82) is 0 Å². The maximum absolute atomic E-state index is 15.7. The lowest BCUT2D eigenvalue weighted by Gasteiger charge is -2.28. The van der Waals surface area contributed by atoms with Gasteiger partial charge in [-0.2, -0.15) is 0 Å². The number of methoxy groups -OCH3 is 1. The second-order valence-electron chi connectivity index (χ2n) is 8.98. The lowest BCUT2D eigenvalue weighted by atomic mass is 9.92. The Balaban J connectivity index is 1.63. The van der Waals surface area contributed by atoms with Gasteiger partial charge in [0.2, 0.25) is 17.7 Å². The molecule has 1 saturated carbocycles. The van der Waals surface area contributed by atoms with Crippen molar-refractivity contribution in [1.82, 2.24) is 5.32 Å². The Morgan fingerprint density at radius 1 is 1.03 bits per heavy atom. The number of primary amides is 2. The fourth-order valence-corrected chi connectivity index (χ4v) is 4.75. The average Bonchev–Trinajstić information content (AvgIpc) is 3.62. The standard InChI is InChI=1S/C27H23FN4O5/c1-37-21-5-3-2-4-20(21)32(26(36)27(10-11-27)25(30)35)14-6-7-16(19(28)12-14)15-8-9-17(23(29)33)22-18(15)13-31-24(22)34/h2-9,12H,10-11,13H2,1H3,(H2,29,33)(H2,30,35)(H,31,34). The highest BCUT2D eigenvalue weighted by Gasteiger charge is 2.57. The molecule has 1 aliphatic heterocycles. The summed E-state index contributed by atoms with van der Waals surface area (Å²) in [7, 11) is 1.44. The van der Waals surface area contributed by atoms with Crippen molar-refractivity contribution >= 4 is 35.0 Å². The summed E-state index contributed by atoms with van der Waals surface area (Å²) in [6, 6.07) is 13.8. The highest BCUT2D eigenvalue weighted by Crippen LogP contribution is 2.50. The highest BCUT2D eigenvalue weighted by molar-refractivity contribution is 6.17. The number of anilines is 2. The molecule has 2 aliphatic rings. The van der Waals surface area contributed by atoms with Crippen molar-refractivity contribution in [2.24, 2.45) is 16.9 Å². The van der Waals surface area contributed by atoms with Gasteiger partial charge in [0.15, 0.2) is 0 Å². The van der Waals surface area contributed by atoms with Gasteiger partial charge in [-0.05, 0) is 60.4 Å². The molecule has 4 amide bonds. The Bertz CT molecular complexity index is 1500. The van der Waals surface area contributed by atoms with Crippen LogP contribution < -0.4 is 26.4 Å². The predicted octanol–water partition coefficient (Wildman–Crippen LogP) is 2.77. The number of carbonyl (C=O) groups is 4. The Hall–Kier alpha value is -4.73. The molecule has 37 heavy (non-hydrogen) atoms. The van der Waals surface area contributed by atoms with Gasteiger partial charge >= 0.3 is 0 Å². The molecule has 1 heterocycles. The second-order valence-corrected chi connectivity index (χ2v) is 8.98. The molecule has 1 fully saturated rings. The Morgan fingerprint density at radius 3 is 2.35 bits per heavy atom. The molecule has 1 aliphatic carbocycles. The van der Waals surface area contributed by atoms with Crippen LogP contribution in [0.25, 0.3) is 11.1 Å². The highest BCUT2D eigenvalue weighted by atomic mass is 19.1. The minimum atomic E-state index is -1.37. The number of fused-ring (bicyclic) bond motifs is 1. The normalized spacial score (nSPS) is 14.9. The quantitative estimate of drug-likeness (QED) is 0.426. The van der Waals surface area contributed by atoms with E-state index in [-0.39, 0.29) is 28.9 Å².